The number of nitrogens with one attached hydrogen (secondary N) is 1. The fraction of sp³-hybridized carbons (Fsp3) is 1.00. The summed E-state index contributed by atoms with van der Waals surface area (Å²) in [7, 11) is 0. The van der Waals surface area contributed by atoms with E-state index >= 15 is 0 Å². The molecule has 2 unspecified atom stereocenters. The Morgan fingerprint density at radius 1 is 1.26 bits per heavy atom. The molecule has 3 nitrogen and oxygen atoms in total. The van der Waals surface area contributed by atoms with E-state index in [9.17, 15) is 0 Å². The number of nitrogens with zero attached hydrogens (tertiary/aromatic N) is 1. The van der Waals surface area contributed by atoms with Gasteiger partial charge in [0.15, 0.2) is 0 Å². The van der Waals surface area contributed by atoms with Gasteiger partial charge in [-0.15, -0.1) is 0 Å². The summed E-state index contributed by atoms with van der Waals surface area (Å²) >= 11 is 0. The summed E-state index contributed by atoms with van der Waals surface area (Å²) in [5.41, 5.74) is 0.588. The highest BCUT2D eigenvalue weighted by atomic mass is 16.5. The van der Waals surface area contributed by atoms with Gasteiger partial charge >= 0.3 is 0 Å². The molecule has 1 aliphatic carbocycles. The second-order valence-corrected chi connectivity index (χ2v) is 6.88. The molecule has 0 aromatic heterocycles. The molecule has 2 heterocycles. The quantitative estimate of drug-likeness (QED) is 0.846. The van der Waals surface area contributed by atoms with Gasteiger partial charge in [0.25, 0.3) is 0 Å². The van der Waals surface area contributed by atoms with Crippen LogP contribution in [-0.4, -0.2) is 49.8 Å². The second kappa shape index (κ2) is 6.11. The SMILES string of the molecule is CCCC1(CN2CCOC3CCCC32)CCNCC1. The van der Waals surface area contributed by atoms with Gasteiger partial charge in [-0.3, -0.25) is 4.90 Å². The molecule has 3 rings (SSSR count). The van der Waals surface area contributed by atoms with Crippen molar-refractivity contribution in [2.45, 2.75) is 64.0 Å². The van der Waals surface area contributed by atoms with Crippen LogP contribution in [0.5, 0.6) is 0 Å². The van der Waals surface area contributed by atoms with Crippen molar-refractivity contribution in [3.63, 3.8) is 0 Å². The van der Waals surface area contributed by atoms with Gasteiger partial charge in [-0.05, 0) is 57.0 Å². The van der Waals surface area contributed by atoms with Crippen LogP contribution in [-0.2, 0) is 4.74 Å². The van der Waals surface area contributed by atoms with Crippen LogP contribution in [0.3, 0.4) is 0 Å². The molecule has 3 heteroatoms. The van der Waals surface area contributed by atoms with Crippen molar-refractivity contribution in [3.8, 4) is 0 Å². The van der Waals surface area contributed by atoms with Crippen LogP contribution in [0.25, 0.3) is 0 Å². The van der Waals surface area contributed by atoms with E-state index in [0.717, 1.165) is 12.6 Å². The van der Waals surface area contributed by atoms with E-state index in [0.29, 0.717) is 11.5 Å². The number of morpholine rings is 1. The third-order valence-electron chi connectivity index (χ3n) is 5.58. The zero-order valence-electron chi connectivity index (χ0n) is 12.5. The second-order valence-electron chi connectivity index (χ2n) is 6.88. The number of fused-ring (bicyclic) bond motifs is 1. The molecule has 3 fully saturated rings. The Kier molecular flexibility index (Phi) is 4.45. The summed E-state index contributed by atoms with van der Waals surface area (Å²) < 4.78 is 5.96. The highest BCUT2D eigenvalue weighted by molar-refractivity contribution is 4.94. The van der Waals surface area contributed by atoms with Crippen molar-refractivity contribution >= 4 is 0 Å². The Hall–Kier alpha value is -0.120. The summed E-state index contributed by atoms with van der Waals surface area (Å²) in [6.45, 7) is 8.24. The van der Waals surface area contributed by atoms with E-state index in [-0.39, 0.29) is 0 Å². The minimum Gasteiger partial charge on any atom is -0.375 e. The maximum Gasteiger partial charge on any atom is 0.0730 e. The van der Waals surface area contributed by atoms with Gasteiger partial charge in [0.05, 0.1) is 12.7 Å². The van der Waals surface area contributed by atoms with Crippen LogP contribution in [0.2, 0.25) is 0 Å². The predicted octanol–water partition coefficient (Wildman–Crippen LogP) is 2.41. The van der Waals surface area contributed by atoms with E-state index in [4.69, 9.17) is 4.74 Å². The van der Waals surface area contributed by atoms with E-state index in [1.54, 1.807) is 0 Å². The fourth-order valence-corrected chi connectivity index (χ4v) is 4.61. The standard InChI is InChI=1S/C16H30N2O/c1-2-6-16(7-9-17-10-8-16)13-18-11-12-19-15-5-3-4-14(15)18/h14-15,17H,2-13H2,1H3. The third-order valence-corrected chi connectivity index (χ3v) is 5.58. The Morgan fingerprint density at radius 2 is 2.11 bits per heavy atom. The summed E-state index contributed by atoms with van der Waals surface area (Å²) in [5.74, 6) is 0. The van der Waals surface area contributed by atoms with Gasteiger partial charge < -0.3 is 10.1 Å². The Bertz CT molecular complexity index is 283. The van der Waals surface area contributed by atoms with E-state index in [2.05, 4.69) is 17.1 Å². The first-order valence-electron chi connectivity index (χ1n) is 8.39. The first-order valence-corrected chi connectivity index (χ1v) is 8.39. The fourth-order valence-electron chi connectivity index (χ4n) is 4.61. The number of rotatable bonds is 4. The zero-order valence-corrected chi connectivity index (χ0v) is 12.5. The van der Waals surface area contributed by atoms with Crippen molar-refractivity contribution in [1.29, 1.82) is 0 Å². The topological polar surface area (TPSA) is 24.5 Å². The molecule has 3 aliphatic rings. The molecule has 2 atom stereocenters. The van der Waals surface area contributed by atoms with Crippen LogP contribution in [0.4, 0.5) is 0 Å². The molecule has 1 saturated carbocycles. The van der Waals surface area contributed by atoms with E-state index < -0.39 is 0 Å². The van der Waals surface area contributed by atoms with Crippen molar-refractivity contribution in [3.05, 3.63) is 0 Å². The molecular formula is C16H30N2O. The van der Waals surface area contributed by atoms with Crippen LogP contribution in [0.15, 0.2) is 0 Å². The first kappa shape index (κ1) is 13.8. The Balaban J connectivity index is 1.66. The van der Waals surface area contributed by atoms with Gasteiger partial charge in [-0.1, -0.05) is 13.3 Å². The first-order chi connectivity index (χ1) is 9.33. The predicted molar refractivity (Wildman–Crippen MR) is 78.4 cm³/mol. The van der Waals surface area contributed by atoms with Crippen molar-refractivity contribution in [1.82, 2.24) is 10.2 Å². The third kappa shape index (κ3) is 2.98. The van der Waals surface area contributed by atoms with Crippen molar-refractivity contribution < 1.29 is 4.74 Å². The zero-order chi connectivity index (χ0) is 13.1. The maximum absolute atomic E-state index is 5.96. The average molecular weight is 266 g/mol. The van der Waals surface area contributed by atoms with Crippen LogP contribution < -0.4 is 5.32 Å². The molecule has 2 saturated heterocycles. The number of hydrogen-bond acceptors (Lipinski definition) is 3. The molecule has 2 aliphatic heterocycles. The molecule has 0 radical (unpaired) electrons. The summed E-state index contributed by atoms with van der Waals surface area (Å²) in [6, 6.07) is 0.734. The maximum atomic E-state index is 5.96. The molecule has 0 amide bonds. The lowest BCUT2D eigenvalue weighted by Gasteiger charge is -2.46. The summed E-state index contributed by atoms with van der Waals surface area (Å²) in [4.78, 5) is 2.79. The highest BCUT2D eigenvalue weighted by Crippen LogP contribution is 2.38. The number of hydrogen-bond donors (Lipinski definition) is 1. The van der Waals surface area contributed by atoms with Crippen molar-refractivity contribution in [2.24, 2.45) is 5.41 Å². The number of ether oxygens (including phenoxy) is 1. The smallest absolute Gasteiger partial charge is 0.0730 e. The average Bonchev–Trinajstić information content (AvgIpc) is 2.89. The monoisotopic (exact) mass is 266 g/mol. The van der Waals surface area contributed by atoms with Crippen LogP contribution in [0, 0.1) is 5.41 Å². The van der Waals surface area contributed by atoms with E-state index in [1.165, 1.54) is 71.1 Å². The molecule has 1 N–H and O–H groups in total. The minimum absolute atomic E-state index is 0.550. The van der Waals surface area contributed by atoms with Crippen molar-refractivity contribution in [2.75, 3.05) is 32.8 Å². The van der Waals surface area contributed by atoms with Gasteiger partial charge in [0.1, 0.15) is 0 Å². The van der Waals surface area contributed by atoms with E-state index in [1.807, 2.05) is 0 Å². The van der Waals surface area contributed by atoms with Gasteiger partial charge in [0, 0.05) is 19.1 Å². The lowest BCUT2D eigenvalue weighted by Crippen LogP contribution is -2.54. The number of piperidine rings is 1. The van der Waals surface area contributed by atoms with Crippen LogP contribution >= 0.6 is 0 Å². The Labute approximate surface area is 118 Å². The van der Waals surface area contributed by atoms with Gasteiger partial charge in [-0.2, -0.15) is 0 Å². The highest BCUT2D eigenvalue weighted by Gasteiger charge is 2.40. The molecule has 0 bridgehead atoms. The Morgan fingerprint density at radius 3 is 2.89 bits per heavy atom. The summed E-state index contributed by atoms with van der Waals surface area (Å²) in [5, 5.41) is 3.54. The molecule has 19 heavy (non-hydrogen) atoms. The van der Waals surface area contributed by atoms with Gasteiger partial charge in [0.2, 0.25) is 0 Å². The minimum atomic E-state index is 0.550. The molecular weight excluding hydrogens is 236 g/mol. The molecule has 0 spiro atoms. The lowest BCUT2D eigenvalue weighted by molar-refractivity contribution is -0.0727. The largest absolute Gasteiger partial charge is 0.375 e. The van der Waals surface area contributed by atoms with Crippen LogP contribution in [0.1, 0.15) is 51.9 Å². The normalized spacial score (nSPS) is 35.2. The molecule has 0 aromatic carbocycles. The lowest BCUT2D eigenvalue weighted by atomic mass is 9.74. The molecule has 110 valence electrons. The van der Waals surface area contributed by atoms with Gasteiger partial charge in [-0.25, -0.2) is 0 Å². The summed E-state index contributed by atoms with van der Waals surface area (Å²) in [6.07, 6.45) is 10.1. The molecule has 0 aromatic rings.